The van der Waals surface area contributed by atoms with Gasteiger partial charge in [0.25, 0.3) is 0 Å². The Morgan fingerprint density at radius 3 is 2.10 bits per heavy atom. The van der Waals surface area contributed by atoms with E-state index in [9.17, 15) is 14.4 Å². The van der Waals surface area contributed by atoms with Gasteiger partial charge in [-0.3, -0.25) is 9.59 Å². The fraction of sp³-hybridized carbons (Fsp3) is 0.609. The van der Waals surface area contributed by atoms with Crippen LogP contribution in [0.4, 0.5) is 4.79 Å². The molecule has 0 aliphatic rings. The van der Waals surface area contributed by atoms with Gasteiger partial charge < -0.3 is 20.3 Å². The van der Waals surface area contributed by atoms with E-state index in [1.165, 1.54) is 4.90 Å². The number of amides is 3. The number of nitrogens with zero attached hydrogens (tertiary/aromatic N) is 1. The number of nitrogens with one attached hydrogen (secondary N) is 2. The monoisotopic (exact) mass is 419 g/mol. The van der Waals surface area contributed by atoms with Crippen LogP contribution in [0.1, 0.15) is 72.6 Å². The molecule has 30 heavy (non-hydrogen) atoms. The quantitative estimate of drug-likeness (QED) is 0.736. The molecule has 0 aliphatic carbocycles. The molecular weight excluding hydrogens is 382 g/mol. The normalized spacial score (nSPS) is 13.8. The summed E-state index contributed by atoms with van der Waals surface area (Å²) in [5, 5.41) is 5.56. The lowest BCUT2D eigenvalue weighted by Crippen LogP contribution is -2.53. The van der Waals surface area contributed by atoms with E-state index in [1.807, 2.05) is 58.9 Å². The molecule has 0 bridgehead atoms. The van der Waals surface area contributed by atoms with Crippen LogP contribution >= 0.6 is 0 Å². The van der Waals surface area contributed by atoms with E-state index in [0.717, 1.165) is 11.1 Å². The molecule has 1 aromatic rings. The Morgan fingerprint density at radius 2 is 1.63 bits per heavy atom. The molecule has 1 rings (SSSR count). The average molecular weight is 420 g/mol. The Kier molecular flexibility index (Phi) is 8.45. The van der Waals surface area contributed by atoms with E-state index in [2.05, 4.69) is 10.6 Å². The summed E-state index contributed by atoms with van der Waals surface area (Å²) < 4.78 is 5.25. The van der Waals surface area contributed by atoms with Crippen LogP contribution in [0.5, 0.6) is 0 Å². The standard InChI is InChI=1S/C23H37N3O4/c1-10-26(20(28)16(3)24-21(29)30-23(7,8)9)18(19(27)25-22(4,5)6)17-14-12-11-13-15(17)2/h11-14,16,18H,10H2,1-9H3,(H,24,29)(H,25,27). The van der Waals surface area contributed by atoms with Gasteiger partial charge in [0.2, 0.25) is 11.8 Å². The third kappa shape index (κ3) is 7.69. The Bertz CT molecular complexity index is 762. The predicted octanol–water partition coefficient (Wildman–Crippen LogP) is 3.71. The molecule has 0 fully saturated rings. The fourth-order valence-electron chi connectivity index (χ4n) is 3.04. The number of carbonyl (C=O) groups is 3. The summed E-state index contributed by atoms with van der Waals surface area (Å²) in [7, 11) is 0. The van der Waals surface area contributed by atoms with Crippen LogP contribution in [0.3, 0.4) is 0 Å². The molecule has 2 atom stereocenters. The molecule has 0 radical (unpaired) electrons. The van der Waals surface area contributed by atoms with E-state index in [1.54, 1.807) is 27.7 Å². The molecule has 0 saturated carbocycles. The SMILES string of the molecule is CCN(C(=O)C(C)NC(=O)OC(C)(C)C)C(C(=O)NC(C)(C)C)c1ccccc1C. The number of hydrogen-bond donors (Lipinski definition) is 2. The van der Waals surface area contributed by atoms with Crippen molar-refractivity contribution in [3.63, 3.8) is 0 Å². The number of likely N-dealkylation sites (N-methyl/N-ethyl adjacent to an activating group) is 1. The number of rotatable bonds is 6. The van der Waals surface area contributed by atoms with Crippen molar-refractivity contribution in [3.8, 4) is 0 Å². The first-order valence-electron chi connectivity index (χ1n) is 10.3. The second kappa shape index (κ2) is 9.96. The van der Waals surface area contributed by atoms with Gasteiger partial charge in [-0.2, -0.15) is 0 Å². The second-order valence-corrected chi connectivity index (χ2v) is 9.49. The van der Waals surface area contributed by atoms with Gasteiger partial charge in [0.05, 0.1) is 0 Å². The Morgan fingerprint density at radius 1 is 1.07 bits per heavy atom. The predicted molar refractivity (Wildman–Crippen MR) is 118 cm³/mol. The van der Waals surface area contributed by atoms with Gasteiger partial charge in [-0.25, -0.2) is 4.79 Å². The van der Waals surface area contributed by atoms with Crippen molar-refractivity contribution >= 4 is 17.9 Å². The highest BCUT2D eigenvalue weighted by molar-refractivity contribution is 5.92. The van der Waals surface area contributed by atoms with Crippen LogP contribution in [0.15, 0.2) is 24.3 Å². The number of ether oxygens (including phenoxy) is 1. The zero-order valence-corrected chi connectivity index (χ0v) is 19.8. The highest BCUT2D eigenvalue weighted by atomic mass is 16.6. The maximum Gasteiger partial charge on any atom is 0.408 e. The number of carbonyl (C=O) groups excluding carboxylic acids is 3. The summed E-state index contributed by atoms with van der Waals surface area (Å²) in [6.45, 7) is 16.6. The fourth-order valence-corrected chi connectivity index (χ4v) is 3.04. The first-order chi connectivity index (χ1) is 13.7. The summed E-state index contributed by atoms with van der Waals surface area (Å²) >= 11 is 0. The third-order valence-corrected chi connectivity index (χ3v) is 4.27. The van der Waals surface area contributed by atoms with Gasteiger partial charge in [-0.1, -0.05) is 24.3 Å². The number of aryl methyl sites for hydroxylation is 1. The van der Waals surface area contributed by atoms with E-state index in [4.69, 9.17) is 4.74 Å². The van der Waals surface area contributed by atoms with Crippen molar-refractivity contribution < 1.29 is 19.1 Å². The van der Waals surface area contributed by atoms with Crippen LogP contribution < -0.4 is 10.6 Å². The van der Waals surface area contributed by atoms with Crippen LogP contribution in [0, 0.1) is 6.92 Å². The zero-order valence-electron chi connectivity index (χ0n) is 19.8. The topological polar surface area (TPSA) is 87.7 Å². The van der Waals surface area contributed by atoms with Crippen molar-refractivity contribution in [1.29, 1.82) is 0 Å². The molecule has 1 aromatic carbocycles. The highest BCUT2D eigenvalue weighted by Crippen LogP contribution is 2.26. The zero-order chi connectivity index (χ0) is 23.3. The number of benzene rings is 1. The molecule has 7 nitrogen and oxygen atoms in total. The third-order valence-electron chi connectivity index (χ3n) is 4.27. The molecular formula is C23H37N3O4. The summed E-state index contributed by atoms with van der Waals surface area (Å²) in [5.74, 6) is -0.628. The average Bonchev–Trinajstić information content (AvgIpc) is 2.56. The lowest BCUT2D eigenvalue weighted by molar-refractivity contribution is -0.142. The van der Waals surface area contributed by atoms with Crippen molar-refractivity contribution in [3.05, 3.63) is 35.4 Å². The minimum absolute atomic E-state index is 0.267. The smallest absolute Gasteiger partial charge is 0.408 e. The largest absolute Gasteiger partial charge is 0.444 e. The molecule has 2 N–H and O–H groups in total. The van der Waals surface area contributed by atoms with E-state index in [-0.39, 0.29) is 11.8 Å². The van der Waals surface area contributed by atoms with Crippen LogP contribution in [-0.4, -0.2) is 46.5 Å². The summed E-state index contributed by atoms with van der Waals surface area (Å²) in [4.78, 5) is 40.1. The molecule has 0 heterocycles. The van der Waals surface area contributed by atoms with E-state index in [0.29, 0.717) is 6.54 Å². The molecule has 2 unspecified atom stereocenters. The van der Waals surface area contributed by atoms with Crippen molar-refractivity contribution in [2.75, 3.05) is 6.54 Å². The molecule has 0 aromatic heterocycles. The van der Waals surface area contributed by atoms with Gasteiger partial charge in [-0.15, -0.1) is 0 Å². The van der Waals surface area contributed by atoms with Crippen molar-refractivity contribution in [2.45, 2.75) is 85.5 Å². The van der Waals surface area contributed by atoms with Gasteiger partial charge in [0, 0.05) is 12.1 Å². The summed E-state index contributed by atoms with van der Waals surface area (Å²) in [6, 6.07) is 5.83. The van der Waals surface area contributed by atoms with Crippen molar-refractivity contribution in [2.24, 2.45) is 0 Å². The summed E-state index contributed by atoms with van der Waals surface area (Å²) in [6.07, 6.45) is -0.675. The maximum absolute atomic E-state index is 13.2. The van der Waals surface area contributed by atoms with Gasteiger partial charge in [-0.05, 0) is 73.4 Å². The van der Waals surface area contributed by atoms with Crippen LogP contribution in [0.25, 0.3) is 0 Å². The molecule has 168 valence electrons. The van der Waals surface area contributed by atoms with Crippen molar-refractivity contribution in [1.82, 2.24) is 15.5 Å². The van der Waals surface area contributed by atoms with Gasteiger partial charge in [0.15, 0.2) is 0 Å². The molecule has 7 heteroatoms. The van der Waals surface area contributed by atoms with E-state index < -0.39 is 29.3 Å². The van der Waals surface area contributed by atoms with Gasteiger partial charge >= 0.3 is 6.09 Å². The van der Waals surface area contributed by atoms with Gasteiger partial charge in [0.1, 0.15) is 17.7 Å². The number of hydrogen-bond acceptors (Lipinski definition) is 4. The number of alkyl carbamates (subject to hydrolysis) is 1. The van der Waals surface area contributed by atoms with Crippen LogP contribution in [-0.2, 0) is 14.3 Å². The summed E-state index contributed by atoms with van der Waals surface area (Å²) in [5.41, 5.74) is 0.526. The maximum atomic E-state index is 13.2. The minimum Gasteiger partial charge on any atom is -0.444 e. The first-order valence-corrected chi connectivity index (χ1v) is 10.3. The lowest BCUT2D eigenvalue weighted by Gasteiger charge is -2.35. The molecule has 0 spiro atoms. The second-order valence-electron chi connectivity index (χ2n) is 9.49. The van der Waals surface area contributed by atoms with Crippen LogP contribution in [0.2, 0.25) is 0 Å². The lowest BCUT2D eigenvalue weighted by atomic mass is 9.97. The highest BCUT2D eigenvalue weighted by Gasteiger charge is 2.35. The first kappa shape index (κ1) is 25.5. The Balaban J connectivity index is 3.22. The molecule has 0 saturated heterocycles. The minimum atomic E-state index is -0.853. The Labute approximate surface area is 180 Å². The Hall–Kier alpha value is -2.57. The van der Waals surface area contributed by atoms with E-state index >= 15 is 0 Å². The molecule has 3 amide bonds. The molecule has 0 aliphatic heterocycles.